The van der Waals surface area contributed by atoms with E-state index in [1.54, 1.807) is 11.3 Å². The third kappa shape index (κ3) is 2.39. The summed E-state index contributed by atoms with van der Waals surface area (Å²) >= 11 is 1.80. The molecule has 1 aromatic heterocycles. The fraction of sp³-hybridized carbons (Fsp3) is 0.765. The van der Waals surface area contributed by atoms with E-state index in [4.69, 9.17) is 4.74 Å². The molecule has 0 radical (unpaired) electrons. The molecule has 4 rings (SSSR count). The SMILES string of the molecule is CCOc1csc(CN[C@@H]2CC3C[C@H]([C@H]2C)C3(C)C)c1. The molecule has 0 amide bonds. The lowest BCUT2D eigenvalue weighted by Crippen LogP contribution is -2.59. The second-order valence-corrected chi connectivity index (χ2v) is 8.12. The van der Waals surface area contributed by atoms with E-state index >= 15 is 0 Å². The van der Waals surface area contributed by atoms with Gasteiger partial charge in [0.2, 0.25) is 0 Å². The summed E-state index contributed by atoms with van der Waals surface area (Å²) in [6, 6.07) is 2.88. The topological polar surface area (TPSA) is 21.3 Å². The molecule has 3 heteroatoms. The molecular formula is C17H27NOS. The predicted octanol–water partition coefficient (Wildman–Crippen LogP) is 4.31. The van der Waals surface area contributed by atoms with Crippen LogP contribution in [0.2, 0.25) is 0 Å². The zero-order valence-electron chi connectivity index (χ0n) is 13.1. The Morgan fingerprint density at radius 3 is 2.85 bits per heavy atom. The summed E-state index contributed by atoms with van der Waals surface area (Å²) in [5, 5.41) is 5.91. The van der Waals surface area contributed by atoms with E-state index in [1.807, 2.05) is 6.92 Å². The number of hydrogen-bond donors (Lipinski definition) is 1. The van der Waals surface area contributed by atoms with E-state index in [9.17, 15) is 0 Å². The van der Waals surface area contributed by atoms with Crippen molar-refractivity contribution >= 4 is 11.3 Å². The first-order valence-electron chi connectivity index (χ1n) is 7.96. The maximum absolute atomic E-state index is 5.53. The predicted molar refractivity (Wildman–Crippen MR) is 85.3 cm³/mol. The van der Waals surface area contributed by atoms with Crippen molar-refractivity contribution in [1.82, 2.24) is 5.32 Å². The van der Waals surface area contributed by atoms with Gasteiger partial charge in [0.05, 0.1) is 6.61 Å². The first-order valence-corrected chi connectivity index (χ1v) is 8.84. The molecule has 0 spiro atoms. The van der Waals surface area contributed by atoms with Crippen LogP contribution in [0.4, 0.5) is 0 Å². The summed E-state index contributed by atoms with van der Waals surface area (Å²) in [6.45, 7) is 11.2. The van der Waals surface area contributed by atoms with Crippen LogP contribution in [0.25, 0.3) is 0 Å². The molecule has 3 aliphatic carbocycles. The highest BCUT2D eigenvalue weighted by Gasteiger charge is 2.55. The standard InChI is InChI=1S/C17H27NOS/c1-5-19-13-8-14(20-10-13)9-18-16-7-12-6-15(11(16)2)17(12,3)4/h8,10-12,15-16,18H,5-7,9H2,1-4H3/t11-,12?,15-,16-/m1/s1. The minimum atomic E-state index is 0.586. The van der Waals surface area contributed by atoms with Gasteiger partial charge < -0.3 is 10.1 Å². The Balaban J connectivity index is 1.54. The lowest BCUT2D eigenvalue weighted by molar-refractivity contribution is -0.115. The molecule has 0 aliphatic heterocycles. The second-order valence-electron chi connectivity index (χ2n) is 7.12. The van der Waals surface area contributed by atoms with Crippen molar-refractivity contribution in [3.05, 3.63) is 16.3 Å². The molecule has 1 heterocycles. The van der Waals surface area contributed by atoms with E-state index in [0.29, 0.717) is 11.5 Å². The molecule has 2 bridgehead atoms. The Kier molecular flexibility index (Phi) is 3.85. The Bertz CT molecular complexity index is 467. The molecule has 2 nitrogen and oxygen atoms in total. The molecule has 3 aliphatic rings. The Labute approximate surface area is 126 Å². The van der Waals surface area contributed by atoms with Crippen molar-refractivity contribution in [2.24, 2.45) is 23.2 Å². The summed E-state index contributed by atoms with van der Waals surface area (Å²) in [4.78, 5) is 1.39. The largest absolute Gasteiger partial charge is 0.493 e. The molecule has 4 atom stereocenters. The molecule has 1 aromatic rings. The van der Waals surface area contributed by atoms with Gasteiger partial charge in [-0.15, -0.1) is 11.3 Å². The van der Waals surface area contributed by atoms with Crippen LogP contribution in [0.3, 0.4) is 0 Å². The van der Waals surface area contributed by atoms with E-state index < -0.39 is 0 Å². The number of hydrogen-bond acceptors (Lipinski definition) is 3. The molecule has 1 N–H and O–H groups in total. The normalized spacial score (nSPS) is 34.6. The highest BCUT2D eigenvalue weighted by molar-refractivity contribution is 7.10. The molecule has 3 saturated carbocycles. The van der Waals surface area contributed by atoms with Crippen LogP contribution in [-0.4, -0.2) is 12.6 Å². The van der Waals surface area contributed by atoms with Gasteiger partial charge in [0.1, 0.15) is 5.75 Å². The van der Waals surface area contributed by atoms with Gasteiger partial charge in [-0.1, -0.05) is 20.8 Å². The molecule has 20 heavy (non-hydrogen) atoms. The smallest absolute Gasteiger partial charge is 0.130 e. The van der Waals surface area contributed by atoms with Crippen LogP contribution in [0.1, 0.15) is 45.4 Å². The quantitative estimate of drug-likeness (QED) is 0.873. The van der Waals surface area contributed by atoms with Crippen LogP contribution in [0.5, 0.6) is 5.75 Å². The molecule has 0 aromatic carbocycles. The number of ether oxygens (including phenoxy) is 1. The zero-order valence-corrected chi connectivity index (χ0v) is 13.9. The van der Waals surface area contributed by atoms with Crippen molar-refractivity contribution in [2.75, 3.05) is 6.61 Å². The molecule has 0 saturated heterocycles. The summed E-state index contributed by atoms with van der Waals surface area (Å²) in [6.07, 6.45) is 2.81. The van der Waals surface area contributed by atoms with E-state index in [-0.39, 0.29) is 0 Å². The van der Waals surface area contributed by atoms with E-state index in [2.05, 4.69) is 37.5 Å². The molecule has 3 fully saturated rings. The van der Waals surface area contributed by atoms with Crippen molar-refractivity contribution in [1.29, 1.82) is 0 Å². The van der Waals surface area contributed by atoms with Gasteiger partial charge in [0.25, 0.3) is 0 Å². The lowest BCUT2D eigenvalue weighted by Gasteiger charge is -2.62. The number of nitrogens with one attached hydrogen (secondary N) is 1. The Hall–Kier alpha value is -0.540. The van der Waals surface area contributed by atoms with Gasteiger partial charge >= 0.3 is 0 Å². The van der Waals surface area contributed by atoms with Gasteiger partial charge in [0, 0.05) is 22.8 Å². The van der Waals surface area contributed by atoms with Crippen molar-refractivity contribution in [3.8, 4) is 5.75 Å². The first kappa shape index (κ1) is 14.4. The Morgan fingerprint density at radius 2 is 2.20 bits per heavy atom. The van der Waals surface area contributed by atoms with Crippen LogP contribution in [0.15, 0.2) is 11.4 Å². The molecule has 112 valence electrons. The highest BCUT2D eigenvalue weighted by Crippen LogP contribution is 2.61. The highest BCUT2D eigenvalue weighted by atomic mass is 32.1. The summed E-state index contributed by atoms with van der Waals surface area (Å²) < 4.78 is 5.53. The van der Waals surface area contributed by atoms with Gasteiger partial charge in [-0.25, -0.2) is 0 Å². The van der Waals surface area contributed by atoms with Crippen LogP contribution < -0.4 is 10.1 Å². The van der Waals surface area contributed by atoms with Crippen LogP contribution in [-0.2, 0) is 6.54 Å². The maximum Gasteiger partial charge on any atom is 0.130 e. The number of fused-ring (bicyclic) bond motifs is 2. The minimum Gasteiger partial charge on any atom is -0.493 e. The number of rotatable bonds is 5. The molecule has 1 unspecified atom stereocenters. The van der Waals surface area contributed by atoms with Gasteiger partial charge in [-0.05, 0) is 49.0 Å². The number of thiophene rings is 1. The monoisotopic (exact) mass is 293 g/mol. The second kappa shape index (κ2) is 5.34. The summed E-state index contributed by atoms with van der Waals surface area (Å²) in [5.41, 5.74) is 0.586. The summed E-state index contributed by atoms with van der Waals surface area (Å²) in [5.74, 6) is 3.68. The third-order valence-corrected chi connectivity index (χ3v) is 6.75. The van der Waals surface area contributed by atoms with Gasteiger partial charge in [-0.3, -0.25) is 0 Å². The van der Waals surface area contributed by atoms with Crippen molar-refractivity contribution in [2.45, 2.75) is 53.1 Å². The third-order valence-electron chi connectivity index (χ3n) is 5.83. The summed E-state index contributed by atoms with van der Waals surface area (Å²) in [7, 11) is 0. The minimum absolute atomic E-state index is 0.586. The van der Waals surface area contributed by atoms with Gasteiger partial charge in [-0.2, -0.15) is 0 Å². The van der Waals surface area contributed by atoms with Crippen molar-refractivity contribution in [3.63, 3.8) is 0 Å². The fourth-order valence-corrected chi connectivity index (χ4v) is 5.10. The van der Waals surface area contributed by atoms with Gasteiger partial charge in [0.15, 0.2) is 0 Å². The van der Waals surface area contributed by atoms with E-state index in [0.717, 1.165) is 36.7 Å². The first-order chi connectivity index (χ1) is 9.52. The average Bonchev–Trinajstić information content (AvgIpc) is 2.85. The van der Waals surface area contributed by atoms with Crippen LogP contribution in [0, 0.1) is 23.2 Å². The van der Waals surface area contributed by atoms with Crippen LogP contribution >= 0.6 is 11.3 Å². The average molecular weight is 293 g/mol. The fourth-order valence-electron chi connectivity index (χ4n) is 4.35. The zero-order chi connectivity index (χ0) is 14.3. The lowest BCUT2D eigenvalue weighted by atomic mass is 9.45. The van der Waals surface area contributed by atoms with E-state index in [1.165, 1.54) is 17.7 Å². The molecular weight excluding hydrogens is 266 g/mol. The van der Waals surface area contributed by atoms with Crippen molar-refractivity contribution < 1.29 is 4.74 Å². The maximum atomic E-state index is 5.53. The Morgan fingerprint density at radius 1 is 1.40 bits per heavy atom.